The van der Waals surface area contributed by atoms with E-state index in [1.807, 2.05) is 10.6 Å². The Hall–Kier alpha value is -1.70. The van der Waals surface area contributed by atoms with Gasteiger partial charge in [-0.15, -0.1) is 0 Å². The molecule has 4 atom stereocenters. The topological polar surface area (TPSA) is 76.7 Å². The van der Waals surface area contributed by atoms with Crippen molar-refractivity contribution < 1.29 is 54.2 Å². The average molecular weight is 583 g/mol. The van der Waals surface area contributed by atoms with Gasteiger partial charge in [0, 0.05) is 0 Å². The standard InChI is InChI=1S/C25H38F8N2O4/c1-13(38-14-7-8-14)17(34-19(36)23(26,27)25(31,32)33)22(5,6)12-11-16(39-15-9-10-15)18(21(2,3)4)35-20(37)24(28,29)30/h13-18H,7-12H2,1-6H3,(H,34,36)(H,35,37). The minimum Gasteiger partial charge on any atom is -0.373 e. The van der Waals surface area contributed by atoms with Gasteiger partial charge in [0.05, 0.1) is 36.5 Å². The normalized spacial score (nSPS) is 20.7. The number of halogens is 8. The van der Waals surface area contributed by atoms with Gasteiger partial charge < -0.3 is 20.1 Å². The van der Waals surface area contributed by atoms with Crippen LogP contribution < -0.4 is 10.6 Å². The first-order valence-electron chi connectivity index (χ1n) is 12.9. The number of carbonyl (C=O) groups excluding carboxylic acids is 2. The molecule has 39 heavy (non-hydrogen) atoms. The van der Waals surface area contributed by atoms with Crippen molar-refractivity contribution in [2.45, 2.75) is 135 Å². The highest BCUT2D eigenvalue weighted by Gasteiger charge is 2.64. The van der Waals surface area contributed by atoms with Crippen molar-refractivity contribution in [3.63, 3.8) is 0 Å². The van der Waals surface area contributed by atoms with Gasteiger partial charge >= 0.3 is 30.1 Å². The van der Waals surface area contributed by atoms with Crippen molar-refractivity contribution >= 4 is 11.8 Å². The van der Waals surface area contributed by atoms with Crippen molar-refractivity contribution in [3.05, 3.63) is 0 Å². The van der Waals surface area contributed by atoms with Gasteiger partial charge in [0.1, 0.15) is 0 Å². The summed E-state index contributed by atoms with van der Waals surface area (Å²) in [5, 5.41) is 3.85. The maximum Gasteiger partial charge on any atom is 0.471 e. The third kappa shape index (κ3) is 9.43. The van der Waals surface area contributed by atoms with E-state index in [0.29, 0.717) is 25.7 Å². The first-order chi connectivity index (χ1) is 17.5. The number of amides is 2. The summed E-state index contributed by atoms with van der Waals surface area (Å²) >= 11 is 0. The van der Waals surface area contributed by atoms with Crippen LogP contribution in [0.25, 0.3) is 0 Å². The fourth-order valence-electron chi connectivity index (χ4n) is 4.42. The third-order valence-corrected chi connectivity index (χ3v) is 6.98. The van der Waals surface area contributed by atoms with Gasteiger partial charge in [0.2, 0.25) is 0 Å². The second-order valence-corrected chi connectivity index (χ2v) is 12.3. The van der Waals surface area contributed by atoms with E-state index in [0.717, 1.165) is 0 Å². The molecule has 228 valence electrons. The summed E-state index contributed by atoms with van der Waals surface area (Å²) in [6, 6.07) is -2.41. The van der Waals surface area contributed by atoms with Crippen LogP contribution in [-0.2, 0) is 19.1 Å². The largest absolute Gasteiger partial charge is 0.471 e. The fourth-order valence-corrected chi connectivity index (χ4v) is 4.42. The molecule has 0 spiro atoms. The molecule has 0 aromatic rings. The van der Waals surface area contributed by atoms with Crippen LogP contribution in [0.2, 0.25) is 0 Å². The number of hydrogen-bond donors (Lipinski definition) is 2. The SMILES string of the molecule is CC(OC1CC1)C(NC(=O)C(F)(F)C(F)(F)F)C(C)(C)CCC(OC1CC1)C(NC(=O)C(F)(F)F)C(C)(C)C. The van der Waals surface area contributed by atoms with Crippen molar-refractivity contribution in [3.8, 4) is 0 Å². The number of nitrogens with one attached hydrogen (secondary N) is 2. The number of carbonyl (C=O) groups is 2. The molecule has 4 unspecified atom stereocenters. The maximum absolute atomic E-state index is 13.8. The highest BCUT2D eigenvalue weighted by Crippen LogP contribution is 2.40. The van der Waals surface area contributed by atoms with E-state index in [9.17, 15) is 44.7 Å². The molecular weight excluding hydrogens is 544 g/mol. The zero-order chi connectivity index (χ0) is 30.2. The second-order valence-electron chi connectivity index (χ2n) is 12.3. The summed E-state index contributed by atoms with van der Waals surface area (Å²) in [4.78, 5) is 23.9. The molecule has 2 saturated carbocycles. The highest BCUT2D eigenvalue weighted by molar-refractivity contribution is 5.84. The molecule has 2 amide bonds. The van der Waals surface area contributed by atoms with Gasteiger partial charge in [-0.2, -0.15) is 35.1 Å². The number of alkyl halides is 8. The summed E-state index contributed by atoms with van der Waals surface area (Å²) in [7, 11) is 0. The molecule has 0 radical (unpaired) electrons. The van der Waals surface area contributed by atoms with Gasteiger partial charge in [0.15, 0.2) is 0 Å². The van der Waals surface area contributed by atoms with E-state index in [1.54, 1.807) is 20.8 Å². The Kier molecular flexibility index (Phi) is 10.0. The van der Waals surface area contributed by atoms with E-state index in [-0.39, 0.29) is 25.0 Å². The summed E-state index contributed by atoms with van der Waals surface area (Å²) in [5.41, 5.74) is -2.07. The van der Waals surface area contributed by atoms with E-state index in [4.69, 9.17) is 9.47 Å². The lowest BCUT2D eigenvalue weighted by molar-refractivity contribution is -0.270. The highest BCUT2D eigenvalue weighted by atomic mass is 19.4. The van der Waals surface area contributed by atoms with Gasteiger partial charge in [-0.25, -0.2) is 0 Å². The Labute approximate surface area is 222 Å². The van der Waals surface area contributed by atoms with Crippen LogP contribution in [0.5, 0.6) is 0 Å². The molecular formula is C25H38F8N2O4. The van der Waals surface area contributed by atoms with Gasteiger partial charge in [-0.1, -0.05) is 34.6 Å². The van der Waals surface area contributed by atoms with E-state index in [1.165, 1.54) is 20.8 Å². The van der Waals surface area contributed by atoms with E-state index in [2.05, 4.69) is 0 Å². The quantitative estimate of drug-likeness (QED) is 0.274. The van der Waals surface area contributed by atoms with Crippen molar-refractivity contribution in [1.29, 1.82) is 0 Å². The minimum atomic E-state index is -6.10. The molecule has 2 rings (SSSR count). The van der Waals surface area contributed by atoms with Gasteiger partial charge in [0.25, 0.3) is 0 Å². The summed E-state index contributed by atoms with van der Waals surface area (Å²) in [6.45, 7) is 9.38. The molecule has 0 bridgehead atoms. The van der Waals surface area contributed by atoms with Crippen LogP contribution in [0, 0.1) is 10.8 Å². The predicted octanol–water partition coefficient (Wildman–Crippen LogP) is 5.68. The Bertz CT molecular complexity index is 862. The molecule has 0 heterocycles. The Balaban J connectivity index is 2.29. The van der Waals surface area contributed by atoms with E-state index >= 15 is 0 Å². The zero-order valence-electron chi connectivity index (χ0n) is 22.9. The molecule has 0 saturated heterocycles. The van der Waals surface area contributed by atoms with E-state index < -0.39 is 65.2 Å². The zero-order valence-corrected chi connectivity index (χ0v) is 22.9. The van der Waals surface area contributed by atoms with Crippen LogP contribution in [0.15, 0.2) is 0 Å². The molecule has 14 heteroatoms. The summed E-state index contributed by atoms with van der Waals surface area (Å²) in [5.74, 6) is -10.3. The van der Waals surface area contributed by atoms with Crippen LogP contribution >= 0.6 is 0 Å². The van der Waals surface area contributed by atoms with Crippen LogP contribution in [-0.4, -0.2) is 66.6 Å². The van der Waals surface area contributed by atoms with Gasteiger partial charge in [-0.3, -0.25) is 9.59 Å². The molecule has 2 aliphatic carbocycles. The fraction of sp³-hybridized carbons (Fsp3) is 0.920. The maximum atomic E-state index is 13.8. The van der Waals surface area contributed by atoms with Gasteiger partial charge in [-0.05, 0) is 56.3 Å². The molecule has 2 aliphatic rings. The number of rotatable bonds is 13. The summed E-state index contributed by atoms with van der Waals surface area (Å²) in [6.07, 6.45) is -10.8. The number of hydrogen-bond acceptors (Lipinski definition) is 4. The molecule has 6 nitrogen and oxygen atoms in total. The van der Waals surface area contributed by atoms with Crippen molar-refractivity contribution in [2.75, 3.05) is 0 Å². The van der Waals surface area contributed by atoms with Crippen LogP contribution in [0.1, 0.15) is 80.1 Å². The van der Waals surface area contributed by atoms with Crippen LogP contribution in [0.3, 0.4) is 0 Å². The molecule has 0 aliphatic heterocycles. The Morgan fingerprint density at radius 3 is 1.64 bits per heavy atom. The molecule has 2 fully saturated rings. The Morgan fingerprint density at radius 1 is 0.769 bits per heavy atom. The monoisotopic (exact) mass is 582 g/mol. The lowest BCUT2D eigenvalue weighted by atomic mass is 9.74. The Morgan fingerprint density at radius 2 is 1.23 bits per heavy atom. The lowest BCUT2D eigenvalue weighted by Gasteiger charge is -2.42. The minimum absolute atomic E-state index is 0.0156. The van der Waals surface area contributed by atoms with Crippen molar-refractivity contribution in [1.82, 2.24) is 10.6 Å². The first kappa shape index (κ1) is 33.5. The second kappa shape index (κ2) is 11.7. The average Bonchev–Trinajstić information content (AvgIpc) is 3.67. The first-order valence-corrected chi connectivity index (χ1v) is 12.9. The molecule has 0 aromatic carbocycles. The third-order valence-electron chi connectivity index (χ3n) is 6.98. The summed E-state index contributed by atoms with van der Waals surface area (Å²) < 4.78 is 117. The molecule has 0 aromatic heterocycles. The van der Waals surface area contributed by atoms with Crippen LogP contribution in [0.4, 0.5) is 35.1 Å². The lowest BCUT2D eigenvalue weighted by Crippen LogP contribution is -2.59. The smallest absolute Gasteiger partial charge is 0.373 e. The van der Waals surface area contributed by atoms with Crippen molar-refractivity contribution in [2.24, 2.45) is 10.8 Å². The number of ether oxygens (including phenoxy) is 2. The molecule has 2 N–H and O–H groups in total. The predicted molar refractivity (Wildman–Crippen MR) is 125 cm³/mol.